The number of pyridine rings is 1. The van der Waals surface area contributed by atoms with Gasteiger partial charge in [0, 0.05) is 31.2 Å². The summed E-state index contributed by atoms with van der Waals surface area (Å²) in [5, 5.41) is 0.870. The number of benzene rings is 1. The average Bonchev–Trinajstić information content (AvgIpc) is 2.93. The molecule has 0 N–H and O–H groups in total. The number of carbonyl (C=O) groups is 1. The van der Waals surface area contributed by atoms with Crippen molar-refractivity contribution in [2.45, 2.75) is 13.8 Å². The molecule has 0 saturated carbocycles. The van der Waals surface area contributed by atoms with Crippen LogP contribution < -0.4 is 0 Å². The Kier molecular flexibility index (Phi) is 4.26. The highest BCUT2D eigenvalue weighted by atomic mass is 32.2. The van der Waals surface area contributed by atoms with Crippen molar-refractivity contribution < 1.29 is 17.9 Å². The predicted octanol–water partition coefficient (Wildman–Crippen LogP) is 2.28. The summed E-state index contributed by atoms with van der Waals surface area (Å²) in [6.45, 7) is 3.54. The van der Waals surface area contributed by atoms with E-state index in [2.05, 4.69) is 4.98 Å². The first-order chi connectivity index (χ1) is 11.8. The van der Waals surface area contributed by atoms with Gasteiger partial charge in [-0.3, -0.25) is 0 Å². The van der Waals surface area contributed by atoms with Gasteiger partial charge in [0.25, 0.3) is 0 Å². The summed E-state index contributed by atoms with van der Waals surface area (Å²) in [4.78, 5) is 17.0. The number of rotatable bonds is 4. The minimum atomic E-state index is -3.91. The molecule has 2 aliphatic rings. The maximum Gasteiger partial charge on any atom is 0.356 e. The predicted molar refractivity (Wildman–Crippen MR) is 95.1 cm³/mol. The molecule has 132 valence electrons. The first-order valence-electron chi connectivity index (χ1n) is 7.79. The van der Waals surface area contributed by atoms with E-state index in [-0.39, 0.29) is 12.3 Å². The standard InChI is InChI=1S/C17H19N3O4S/c1-5-24-17(21)16-11(2)15-12-8-6-7-9-13(12)18-14(15)10-20(16)25(22,23)19(3)4/h6-10H,5H2,1-4H3. The molecule has 2 heterocycles. The van der Waals surface area contributed by atoms with E-state index in [1.54, 1.807) is 13.8 Å². The van der Waals surface area contributed by atoms with E-state index in [4.69, 9.17) is 4.74 Å². The van der Waals surface area contributed by atoms with Gasteiger partial charge in [-0.2, -0.15) is 12.7 Å². The molecular formula is C17H19N3O4S. The van der Waals surface area contributed by atoms with Crippen LogP contribution in [0, 0.1) is 6.92 Å². The lowest BCUT2D eigenvalue weighted by Gasteiger charge is -2.21. The molecule has 0 atom stereocenters. The van der Waals surface area contributed by atoms with Gasteiger partial charge in [0.15, 0.2) is 0 Å². The normalized spacial score (nSPS) is 12.2. The third-order valence-electron chi connectivity index (χ3n) is 4.04. The first kappa shape index (κ1) is 17.4. The second-order valence-corrected chi connectivity index (χ2v) is 7.82. The number of hydrogen-bond acceptors (Lipinski definition) is 5. The Labute approximate surface area is 146 Å². The second-order valence-electron chi connectivity index (χ2n) is 5.80. The van der Waals surface area contributed by atoms with Gasteiger partial charge in [-0.15, -0.1) is 0 Å². The Morgan fingerprint density at radius 1 is 1.28 bits per heavy atom. The van der Waals surface area contributed by atoms with E-state index in [1.807, 2.05) is 24.3 Å². The smallest absolute Gasteiger partial charge is 0.356 e. The van der Waals surface area contributed by atoms with Crippen LogP contribution in [0.5, 0.6) is 0 Å². The third kappa shape index (κ3) is 2.67. The number of carbonyl (C=O) groups excluding carboxylic acids is 1. The number of fused-ring (bicyclic) bond motifs is 3. The van der Waals surface area contributed by atoms with Gasteiger partial charge in [-0.25, -0.2) is 13.8 Å². The molecule has 7 nitrogen and oxygen atoms in total. The van der Waals surface area contributed by atoms with Crippen LogP contribution in [0.1, 0.15) is 23.0 Å². The van der Waals surface area contributed by atoms with Crippen molar-refractivity contribution in [2.24, 2.45) is 0 Å². The van der Waals surface area contributed by atoms with Crippen molar-refractivity contribution in [3.05, 3.63) is 41.7 Å². The molecule has 0 aromatic heterocycles. The lowest BCUT2D eigenvalue weighted by molar-refractivity contribution is 0.0516. The average molecular weight is 361 g/mol. The first-order valence-corrected chi connectivity index (χ1v) is 9.19. The van der Waals surface area contributed by atoms with E-state index in [1.165, 1.54) is 20.3 Å². The van der Waals surface area contributed by atoms with E-state index in [0.717, 1.165) is 24.7 Å². The molecule has 2 aliphatic heterocycles. The second kappa shape index (κ2) is 6.12. The van der Waals surface area contributed by atoms with E-state index >= 15 is 0 Å². The third-order valence-corrected chi connectivity index (χ3v) is 5.75. The van der Waals surface area contributed by atoms with Crippen LogP contribution >= 0.6 is 0 Å². The van der Waals surface area contributed by atoms with Gasteiger partial charge in [-0.05, 0) is 25.5 Å². The van der Waals surface area contributed by atoms with Gasteiger partial charge >= 0.3 is 16.2 Å². The van der Waals surface area contributed by atoms with Crippen LogP contribution in [0.2, 0.25) is 0 Å². The largest absolute Gasteiger partial charge is 0.461 e. The fourth-order valence-electron chi connectivity index (χ4n) is 2.85. The fraction of sp³-hybridized carbons (Fsp3) is 0.294. The topological polar surface area (TPSA) is 81.5 Å². The number of aromatic nitrogens is 2. The maximum absolute atomic E-state index is 12.7. The molecule has 1 aromatic rings. The number of ether oxygens (including phenoxy) is 1. The summed E-state index contributed by atoms with van der Waals surface area (Å²) in [6.07, 6.45) is 1.38. The summed E-state index contributed by atoms with van der Waals surface area (Å²) in [7, 11) is -1.10. The molecule has 3 rings (SSSR count). The Bertz CT molecular complexity index is 1040. The number of para-hydroxylation sites is 1. The van der Waals surface area contributed by atoms with Gasteiger partial charge in [0.2, 0.25) is 0 Å². The van der Waals surface area contributed by atoms with Crippen molar-refractivity contribution in [1.82, 2.24) is 13.3 Å². The van der Waals surface area contributed by atoms with Crippen LogP contribution in [-0.2, 0) is 14.9 Å². The highest BCUT2D eigenvalue weighted by Gasteiger charge is 2.30. The fourth-order valence-corrected chi connectivity index (χ4v) is 3.88. The van der Waals surface area contributed by atoms with Gasteiger partial charge in [0.05, 0.1) is 17.8 Å². The van der Waals surface area contributed by atoms with Crippen molar-refractivity contribution >= 4 is 27.1 Å². The molecule has 0 amide bonds. The summed E-state index contributed by atoms with van der Waals surface area (Å²) in [5.41, 5.74) is 2.52. The minimum absolute atomic E-state index is 0.0128. The van der Waals surface area contributed by atoms with Crippen LogP contribution in [-0.4, -0.2) is 48.4 Å². The van der Waals surface area contributed by atoms with Crippen LogP contribution in [0.25, 0.3) is 22.2 Å². The van der Waals surface area contributed by atoms with Crippen molar-refractivity contribution in [2.75, 3.05) is 20.7 Å². The molecule has 0 saturated heterocycles. The minimum Gasteiger partial charge on any atom is -0.461 e. The lowest BCUT2D eigenvalue weighted by Crippen LogP contribution is -2.33. The summed E-state index contributed by atoms with van der Waals surface area (Å²) >= 11 is 0. The molecule has 0 bridgehead atoms. The molecule has 25 heavy (non-hydrogen) atoms. The Morgan fingerprint density at radius 3 is 2.60 bits per heavy atom. The van der Waals surface area contributed by atoms with Crippen molar-refractivity contribution in [3.63, 3.8) is 0 Å². The summed E-state index contributed by atoms with van der Waals surface area (Å²) in [5.74, 6) is -0.683. The zero-order chi connectivity index (χ0) is 18.4. The molecule has 0 unspecified atom stereocenters. The highest BCUT2D eigenvalue weighted by molar-refractivity contribution is 7.87. The van der Waals surface area contributed by atoms with E-state index in [9.17, 15) is 13.2 Å². The zero-order valence-electron chi connectivity index (χ0n) is 14.5. The van der Waals surface area contributed by atoms with Crippen LogP contribution in [0.4, 0.5) is 0 Å². The van der Waals surface area contributed by atoms with E-state index < -0.39 is 16.2 Å². The Balaban J connectivity index is 2.46. The molecule has 0 aliphatic carbocycles. The molecule has 0 fully saturated rings. The van der Waals surface area contributed by atoms with Gasteiger partial charge in [0.1, 0.15) is 5.69 Å². The van der Waals surface area contributed by atoms with Gasteiger partial charge < -0.3 is 4.74 Å². The van der Waals surface area contributed by atoms with Gasteiger partial charge in [-0.1, -0.05) is 18.2 Å². The maximum atomic E-state index is 12.7. The molecule has 8 heteroatoms. The zero-order valence-corrected chi connectivity index (χ0v) is 15.3. The monoisotopic (exact) mass is 361 g/mol. The SMILES string of the molecule is CCOC(=O)c1c(C)c2c3ccccc3nc-2cn1S(=O)(=O)N(C)C. The quantitative estimate of drug-likeness (QED) is 0.666. The molecule has 1 aromatic carbocycles. The molecule has 0 spiro atoms. The number of esters is 1. The number of hydrogen-bond donors (Lipinski definition) is 0. The highest BCUT2D eigenvalue weighted by Crippen LogP contribution is 2.36. The van der Waals surface area contributed by atoms with Crippen LogP contribution in [0.15, 0.2) is 30.5 Å². The summed E-state index contributed by atoms with van der Waals surface area (Å²) in [6, 6.07) is 7.49. The van der Waals surface area contributed by atoms with Crippen LogP contribution in [0.3, 0.4) is 0 Å². The Morgan fingerprint density at radius 2 is 1.96 bits per heavy atom. The van der Waals surface area contributed by atoms with Crippen molar-refractivity contribution in [1.29, 1.82) is 0 Å². The molecular weight excluding hydrogens is 342 g/mol. The Hall–Kier alpha value is -2.45. The van der Waals surface area contributed by atoms with E-state index in [0.29, 0.717) is 11.3 Å². The number of nitrogens with zero attached hydrogens (tertiary/aromatic N) is 3. The van der Waals surface area contributed by atoms with Crippen molar-refractivity contribution in [3.8, 4) is 11.3 Å². The molecule has 0 radical (unpaired) electrons. The summed E-state index contributed by atoms with van der Waals surface area (Å²) < 4.78 is 32.5. The lowest BCUT2D eigenvalue weighted by atomic mass is 10.0.